The van der Waals surface area contributed by atoms with Crippen LogP contribution in [0.4, 0.5) is 16.2 Å². The van der Waals surface area contributed by atoms with Crippen LogP contribution in [0.25, 0.3) is 5.65 Å². The fourth-order valence-corrected chi connectivity index (χ4v) is 3.30. The van der Waals surface area contributed by atoms with Crippen LogP contribution in [-0.2, 0) is 11.3 Å². The van der Waals surface area contributed by atoms with Gasteiger partial charge in [-0.05, 0) is 48.5 Å². The number of aromatic nitrogens is 2. The molecule has 0 saturated heterocycles. The lowest BCUT2D eigenvalue weighted by Crippen LogP contribution is -2.20. The Hall–Kier alpha value is -4.37. The highest BCUT2D eigenvalue weighted by Crippen LogP contribution is 2.25. The largest absolute Gasteiger partial charge is 0.485 e. The standard InChI is InChI=1S/C24H19ClN4O5/c1-33-23(31)15-6-9-17(10-7-15)27-24(32)28-19-4-2-3-5-20(19)34-14-18-12-22(30)29-13-16(25)8-11-21(29)26-18/h2-13H,14H2,1H3,(H2,27,28,32). The Morgan fingerprint density at radius 3 is 2.56 bits per heavy atom. The first-order valence-corrected chi connectivity index (χ1v) is 10.5. The summed E-state index contributed by atoms with van der Waals surface area (Å²) in [5, 5.41) is 5.84. The first kappa shape index (κ1) is 22.8. The van der Waals surface area contributed by atoms with E-state index in [0.717, 1.165) is 0 Å². The molecule has 0 unspecified atom stereocenters. The number of hydrogen-bond acceptors (Lipinski definition) is 6. The fourth-order valence-electron chi connectivity index (χ4n) is 3.14. The van der Waals surface area contributed by atoms with Crippen molar-refractivity contribution in [3.05, 3.63) is 99.6 Å². The van der Waals surface area contributed by atoms with E-state index >= 15 is 0 Å². The van der Waals surface area contributed by atoms with Crippen molar-refractivity contribution in [2.24, 2.45) is 0 Å². The summed E-state index contributed by atoms with van der Waals surface area (Å²) in [7, 11) is 1.30. The van der Waals surface area contributed by atoms with Gasteiger partial charge in [-0.1, -0.05) is 23.7 Å². The normalized spacial score (nSPS) is 10.5. The zero-order valence-electron chi connectivity index (χ0n) is 17.9. The molecule has 0 aliphatic carbocycles. The van der Waals surface area contributed by atoms with Crippen molar-refractivity contribution in [3.8, 4) is 5.75 Å². The number of nitrogens with one attached hydrogen (secondary N) is 2. The molecule has 0 aliphatic rings. The maximum absolute atomic E-state index is 12.5. The minimum absolute atomic E-state index is 0.0175. The van der Waals surface area contributed by atoms with Crippen molar-refractivity contribution in [1.29, 1.82) is 0 Å². The van der Waals surface area contributed by atoms with Crippen molar-refractivity contribution >= 4 is 40.6 Å². The number of amides is 2. The molecule has 0 atom stereocenters. The van der Waals surface area contributed by atoms with Crippen LogP contribution < -0.4 is 20.9 Å². The van der Waals surface area contributed by atoms with Gasteiger partial charge in [0, 0.05) is 18.0 Å². The number of rotatable bonds is 6. The third kappa shape index (κ3) is 5.33. The van der Waals surface area contributed by atoms with E-state index in [9.17, 15) is 14.4 Å². The summed E-state index contributed by atoms with van der Waals surface area (Å²) < 4.78 is 11.8. The number of carbonyl (C=O) groups is 2. The maximum Gasteiger partial charge on any atom is 0.337 e. The zero-order valence-corrected chi connectivity index (χ0v) is 18.7. The smallest absolute Gasteiger partial charge is 0.337 e. The van der Waals surface area contributed by atoms with Crippen molar-refractivity contribution in [2.45, 2.75) is 6.61 Å². The summed E-state index contributed by atoms with van der Waals surface area (Å²) in [5.41, 5.74) is 1.88. The Balaban J connectivity index is 1.43. The molecule has 2 heterocycles. The molecule has 0 spiro atoms. The molecule has 2 aromatic carbocycles. The third-order valence-electron chi connectivity index (χ3n) is 4.75. The number of ether oxygens (including phenoxy) is 2. The van der Waals surface area contributed by atoms with E-state index in [1.807, 2.05) is 0 Å². The average molecular weight is 479 g/mol. The van der Waals surface area contributed by atoms with E-state index in [2.05, 4.69) is 20.4 Å². The molecule has 9 nitrogen and oxygen atoms in total. The van der Waals surface area contributed by atoms with Gasteiger partial charge < -0.3 is 20.1 Å². The minimum atomic E-state index is -0.499. The zero-order chi connectivity index (χ0) is 24.1. The van der Waals surface area contributed by atoms with Crippen LogP contribution in [0.3, 0.4) is 0 Å². The van der Waals surface area contributed by atoms with Gasteiger partial charge in [-0.2, -0.15) is 0 Å². The lowest BCUT2D eigenvalue weighted by molar-refractivity contribution is 0.0600. The van der Waals surface area contributed by atoms with Crippen molar-refractivity contribution < 1.29 is 19.1 Å². The summed E-state index contributed by atoms with van der Waals surface area (Å²) >= 11 is 5.94. The van der Waals surface area contributed by atoms with Gasteiger partial charge >= 0.3 is 12.0 Å². The Morgan fingerprint density at radius 1 is 1.03 bits per heavy atom. The molecule has 2 N–H and O–H groups in total. The summed E-state index contributed by atoms with van der Waals surface area (Å²) in [4.78, 5) is 40.7. The lowest BCUT2D eigenvalue weighted by Gasteiger charge is -2.13. The SMILES string of the molecule is COC(=O)c1ccc(NC(=O)Nc2ccccc2OCc2cc(=O)n3cc(Cl)ccc3n2)cc1. The Morgan fingerprint density at radius 2 is 1.79 bits per heavy atom. The van der Waals surface area contributed by atoms with Crippen LogP contribution in [0.1, 0.15) is 16.1 Å². The quantitative estimate of drug-likeness (QED) is 0.398. The Labute approximate surface area is 198 Å². The van der Waals surface area contributed by atoms with Crippen molar-refractivity contribution in [1.82, 2.24) is 9.38 Å². The van der Waals surface area contributed by atoms with Crippen LogP contribution in [0, 0.1) is 0 Å². The molecule has 34 heavy (non-hydrogen) atoms. The van der Waals surface area contributed by atoms with E-state index in [4.69, 9.17) is 16.3 Å². The molecule has 0 saturated carbocycles. The van der Waals surface area contributed by atoms with E-state index in [-0.39, 0.29) is 12.2 Å². The first-order valence-electron chi connectivity index (χ1n) is 10.1. The number of halogens is 1. The number of nitrogens with zero attached hydrogens (tertiary/aromatic N) is 2. The number of para-hydroxylation sites is 2. The number of esters is 1. The molecule has 0 bridgehead atoms. The van der Waals surface area contributed by atoms with E-state index in [0.29, 0.717) is 39.1 Å². The maximum atomic E-state index is 12.5. The van der Waals surface area contributed by atoms with Gasteiger partial charge in [-0.25, -0.2) is 14.6 Å². The topological polar surface area (TPSA) is 111 Å². The molecule has 10 heteroatoms. The molecule has 0 radical (unpaired) electrons. The van der Waals surface area contributed by atoms with Gasteiger partial charge in [0.25, 0.3) is 5.56 Å². The van der Waals surface area contributed by atoms with Gasteiger partial charge in [-0.15, -0.1) is 0 Å². The van der Waals surface area contributed by atoms with E-state index < -0.39 is 12.0 Å². The van der Waals surface area contributed by atoms with Crippen LogP contribution in [-0.4, -0.2) is 28.5 Å². The molecule has 2 amide bonds. The Bertz CT molecular complexity index is 1420. The average Bonchev–Trinajstić information content (AvgIpc) is 2.84. The number of pyridine rings is 1. The van der Waals surface area contributed by atoms with Gasteiger partial charge in [-0.3, -0.25) is 9.20 Å². The molecule has 0 fully saturated rings. The number of methoxy groups -OCH3 is 1. The van der Waals surface area contributed by atoms with Crippen molar-refractivity contribution in [2.75, 3.05) is 17.7 Å². The van der Waals surface area contributed by atoms with Crippen LogP contribution in [0.15, 0.2) is 77.7 Å². The lowest BCUT2D eigenvalue weighted by atomic mass is 10.2. The number of benzene rings is 2. The molecular weight excluding hydrogens is 460 g/mol. The van der Waals surface area contributed by atoms with Crippen LogP contribution >= 0.6 is 11.6 Å². The van der Waals surface area contributed by atoms with Gasteiger partial charge in [0.05, 0.1) is 29.1 Å². The summed E-state index contributed by atoms with van der Waals surface area (Å²) in [6.07, 6.45) is 1.50. The molecule has 4 aromatic rings. The third-order valence-corrected chi connectivity index (χ3v) is 4.97. The predicted octanol–water partition coefficient (Wildman–Crippen LogP) is 4.36. The van der Waals surface area contributed by atoms with E-state index in [1.54, 1.807) is 60.7 Å². The summed E-state index contributed by atoms with van der Waals surface area (Å²) in [6, 6.07) is 17.3. The van der Waals surface area contributed by atoms with Crippen LogP contribution in [0.5, 0.6) is 5.75 Å². The second kappa shape index (κ2) is 10.1. The van der Waals surface area contributed by atoms with Crippen LogP contribution in [0.2, 0.25) is 5.02 Å². The first-order chi connectivity index (χ1) is 16.4. The van der Waals surface area contributed by atoms with Gasteiger partial charge in [0.1, 0.15) is 18.0 Å². The number of anilines is 2. The molecule has 4 rings (SSSR count). The van der Waals surface area contributed by atoms with Crippen molar-refractivity contribution in [3.63, 3.8) is 0 Å². The monoisotopic (exact) mass is 478 g/mol. The van der Waals surface area contributed by atoms with E-state index in [1.165, 1.54) is 23.8 Å². The molecular formula is C24H19ClN4O5. The number of hydrogen-bond donors (Lipinski definition) is 2. The minimum Gasteiger partial charge on any atom is -0.485 e. The highest BCUT2D eigenvalue weighted by Gasteiger charge is 2.11. The van der Waals surface area contributed by atoms with Gasteiger partial charge in [0.2, 0.25) is 0 Å². The molecule has 172 valence electrons. The van der Waals surface area contributed by atoms with Gasteiger partial charge in [0.15, 0.2) is 0 Å². The second-order valence-electron chi connectivity index (χ2n) is 7.09. The number of carbonyl (C=O) groups excluding carboxylic acids is 2. The number of urea groups is 1. The molecule has 2 aromatic heterocycles. The highest BCUT2D eigenvalue weighted by molar-refractivity contribution is 6.30. The number of fused-ring (bicyclic) bond motifs is 1. The fraction of sp³-hybridized carbons (Fsp3) is 0.0833. The predicted molar refractivity (Wildman–Crippen MR) is 128 cm³/mol. The Kier molecular flexibility index (Phi) is 6.74. The summed E-state index contributed by atoms with van der Waals surface area (Å²) in [6.45, 7) is 0.0175. The highest BCUT2D eigenvalue weighted by atomic mass is 35.5. The second-order valence-corrected chi connectivity index (χ2v) is 7.53. The summed E-state index contributed by atoms with van der Waals surface area (Å²) in [5.74, 6) is -0.0636. The molecule has 0 aliphatic heterocycles.